The predicted octanol–water partition coefficient (Wildman–Crippen LogP) is 4.98. The average Bonchev–Trinajstić information content (AvgIpc) is 3.03. The number of hydrogen-bond donors (Lipinski definition) is 1. The van der Waals surface area contributed by atoms with Gasteiger partial charge in [-0.25, -0.2) is 4.98 Å². The Morgan fingerprint density at radius 1 is 0.931 bits per heavy atom. The summed E-state index contributed by atoms with van der Waals surface area (Å²) in [5.41, 5.74) is 5.37. The maximum absolute atomic E-state index is 12.7. The molecule has 0 saturated carbocycles. The third kappa shape index (κ3) is 4.14. The third-order valence-corrected chi connectivity index (χ3v) is 4.80. The van der Waals surface area contributed by atoms with Crippen molar-refractivity contribution in [3.8, 4) is 11.5 Å². The molecule has 0 atom stereocenters. The Hall–Kier alpha value is -3.60. The molecular formula is C24H23N3O2. The van der Waals surface area contributed by atoms with Crippen LogP contribution < -0.4 is 10.1 Å². The van der Waals surface area contributed by atoms with Crippen LogP contribution in [0.5, 0.6) is 11.5 Å². The minimum atomic E-state index is -0.140. The highest BCUT2D eigenvalue weighted by molar-refractivity contribution is 5.94. The summed E-state index contributed by atoms with van der Waals surface area (Å²) in [6.45, 7) is 6.34. The first-order valence-corrected chi connectivity index (χ1v) is 9.56. The minimum Gasteiger partial charge on any atom is -0.457 e. The number of fused-ring (bicyclic) bond motifs is 1. The summed E-state index contributed by atoms with van der Waals surface area (Å²) in [5, 5.41) is 2.98. The predicted molar refractivity (Wildman–Crippen MR) is 114 cm³/mol. The van der Waals surface area contributed by atoms with Crippen LogP contribution in [0.4, 0.5) is 0 Å². The number of pyridine rings is 1. The first-order chi connectivity index (χ1) is 14.0. The van der Waals surface area contributed by atoms with E-state index in [9.17, 15) is 4.79 Å². The van der Waals surface area contributed by atoms with Crippen LogP contribution in [0.1, 0.15) is 32.9 Å². The van der Waals surface area contributed by atoms with Crippen LogP contribution in [0.3, 0.4) is 0 Å². The van der Waals surface area contributed by atoms with Crippen molar-refractivity contribution < 1.29 is 9.53 Å². The van der Waals surface area contributed by atoms with E-state index in [1.165, 1.54) is 5.56 Å². The van der Waals surface area contributed by atoms with Crippen LogP contribution in [-0.4, -0.2) is 15.3 Å². The molecule has 5 heteroatoms. The number of hydrogen-bond acceptors (Lipinski definition) is 3. The average molecular weight is 385 g/mol. The molecule has 29 heavy (non-hydrogen) atoms. The van der Waals surface area contributed by atoms with E-state index in [0.717, 1.165) is 34.0 Å². The molecule has 2 heterocycles. The molecule has 0 aliphatic carbocycles. The van der Waals surface area contributed by atoms with E-state index < -0.39 is 0 Å². The molecule has 0 aliphatic heterocycles. The second-order valence-corrected chi connectivity index (χ2v) is 7.22. The summed E-state index contributed by atoms with van der Waals surface area (Å²) in [7, 11) is 0. The lowest BCUT2D eigenvalue weighted by molar-refractivity contribution is 0.0944. The van der Waals surface area contributed by atoms with Crippen molar-refractivity contribution in [1.82, 2.24) is 14.7 Å². The van der Waals surface area contributed by atoms with E-state index in [1.54, 1.807) is 0 Å². The van der Waals surface area contributed by atoms with Crippen molar-refractivity contribution in [2.75, 3.05) is 0 Å². The number of aryl methyl sites for hydroxylation is 3. The normalized spacial score (nSPS) is 10.9. The van der Waals surface area contributed by atoms with Crippen LogP contribution in [0.2, 0.25) is 0 Å². The number of rotatable bonds is 5. The molecular weight excluding hydrogens is 362 g/mol. The molecule has 0 saturated heterocycles. The lowest BCUT2D eigenvalue weighted by Gasteiger charge is -2.09. The van der Waals surface area contributed by atoms with E-state index in [0.29, 0.717) is 12.2 Å². The standard InChI is InChI=1S/C24H23N3O2/c1-16-4-8-20(9-5-16)29-21-10-6-19(7-11-21)15-25-24(28)23-18(3)26-22-14-17(2)12-13-27(22)23/h4-14H,15H2,1-3H3,(H,25,28). The molecule has 2 aromatic carbocycles. The summed E-state index contributed by atoms with van der Waals surface area (Å²) in [4.78, 5) is 17.2. The molecule has 1 N–H and O–H groups in total. The van der Waals surface area contributed by atoms with Gasteiger partial charge in [-0.1, -0.05) is 29.8 Å². The number of nitrogens with one attached hydrogen (secondary N) is 1. The maximum Gasteiger partial charge on any atom is 0.270 e. The Morgan fingerprint density at radius 3 is 2.28 bits per heavy atom. The fourth-order valence-corrected chi connectivity index (χ4v) is 3.22. The molecule has 5 nitrogen and oxygen atoms in total. The number of aromatic nitrogens is 2. The molecule has 0 radical (unpaired) electrons. The van der Waals surface area contributed by atoms with E-state index in [2.05, 4.69) is 10.3 Å². The SMILES string of the molecule is Cc1ccc(Oc2ccc(CNC(=O)c3c(C)nc4cc(C)ccn34)cc2)cc1. The first-order valence-electron chi connectivity index (χ1n) is 9.56. The number of ether oxygens (including phenoxy) is 1. The highest BCUT2D eigenvalue weighted by Gasteiger charge is 2.16. The van der Waals surface area contributed by atoms with E-state index in [-0.39, 0.29) is 5.91 Å². The zero-order valence-electron chi connectivity index (χ0n) is 16.8. The van der Waals surface area contributed by atoms with Gasteiger partial charge < -0.3 is 10.1 Å². The monoisotopic (exact) mass is 385 g/mol. The summed E-state index contributed by atoms with van der Waals surface area (Å²) >= 11 is 0. The number of carbonyl (C=O) groups excluding carboxylic acids is 1. The highest BCUT2D eigenvalue weighted by Crippen LogP contribution is 2.22. The Kier molecular flexibility index (Phi) is 5.04. The Bertz CT molecular complexity index is 1160. The van der Waals surface area contributed by atoms with Gasteiger partial charge in [0.15, 0.2) is 0 Å². The molecule has 2 aromatic heterocycles. The van der Waals surface area contributed by atoms with E-state index >= 15 is 0 Å². The highest BCUT2D eigenvalue weighted by atomic mass is 16.5. The molecule has 1 amide bonds. The smallest absolute Gasteiger partial charge is 0.270 e. The van der Waals surface area contributed by atoms with Gasteiger partial charge in [0, 0.05) is 12.7 Å². The van der Waals surface area contributed by atoms with Crippen molar-refractivity contribution in [3.63, 3.8) is 0 Å². The lowest BCUT2D eigenvalue weighted by Crippen LogP contribution is -2.24. The van der Waals surface area contributed by atoms with Crippen LogP contribution in [0.15, 0.2) is 66.9 Å². The van der Waals surface area contributed by atoms with Gasteiger partial charge in [0.2, 0.25) is 0 Å². The van der Waals surface area contributed by atoms with E-state index in [1.807, 2.05) is 92.0 Å². The van der Waals surface area contributed by atoms with Gasteiger partial charge in [-0.05, 0) is 68.3 Å². The zero-order chi connectivity index (χ0) is 20.4. The van der Waals surface area contributed by atoms with Crippen molar-refractivity contribution in [2.45, 2.75) is 27.3 Å². The fourth-order valence-electron chi connectivity index (χ4n) is 3.22. The molecule has 0 bridgehead atoms. The quantitative estimate of drug-likeness (QED) is 0.527. The van der Waals surface area contributed by atoms with Crippen molar-refractivity contribution >= 4 is 11.6 Å². The second-order valence-electron chi connectivity index (χ2n) is 7.22. The number of imidazole rings is 1. The number of nitrogens with zero attached hydrogens (tertiary/aromatic N) is 2. The van der Waals surface area contributed by atoms with Crippen LogP contribution >= 0.6 is 0 Å². The summed E-state index contributed by atoms with van der Waals surface area (Å²) in [5.74, 6) is 1.42. The van der Waals surface area contributed by atoms with Gasteiger partial charge >= 0.3 is 0 Å². The van der Waals surface area contributed by atoms with Gasteiger partial charge in [0.25, 0.3) is 5.91 Å². The molecule has 0 spiro atoms. The van der Waals surface area contributed by atoms with Gasteiger partial charge in [-0.3, -0.25) is 9.20 Å². The molecule has 4 aromatic rings. The molecule has 4 rings (SSSR count). The fraction of sp³-hybridized carbons (Fsp3) is 0.167. The molecule has 146 valence electrons. The van der Waals surface area contributed by atoms with Gasteiger partial charge in [-0.2, -0.15) is 0 Å². The molecule has 0 unspecified atom stereocenters. The third-order valence-electron chi connectivity index (χ3n) is 4.80. The Labute approximate surface area is 170 Å². The van der Waals surface area contributed by atoms with Crippen LogP contribution in [0, 0.1) is 20.8 Å². The lowest BCUT2D eigenvalue weighted by atomic mass is 10.2. The van der Waals surface area contributed by atoms with Crippen LogP contribution in [-0.2, 0) is 6.54 Å². The molecule has 0 aliphatic rings. The largest absolute Gasteiger partial charge is 0.457 e. The summed E-state index contributed by atoms with van der Waals surface area (Å²) < 4.78 is 7.68. The number of amides is 1. The Morgan fingerprint density at radius 2 is 1.59 bits per heavy atom. The second kappa shape index (κ2) is 7.80. The van der Waals surface area contributed by atoms with Crippen LogP contribution in [0.25, 0.3) is 5.65 Å². The Balaban J connectivity index is 1.42. The van der Waals surface area contributed by atoms with Gasteiger partial charge in [-0.15, -0.1) is 0 Å². The summed E-state index contributed by atoms with van der Waals surface area (Å²) in [6.07, 6.45) is 1.89. The summed E-state index contributed by atoms with van der Waals surface area (Å²) in [6, 6.07) is 19.6. The minimum absolute atomic E-state index is 0.140. The molecule has 0 fully saturated rings. The number of carbonyl (C=O) groups is 1. The maximum atomic E-state index is 12.7. The zero-order valence-corrected chi connectivity index (χ0v) is 16.8. The van der Waals surface area contributed by atoms with Gasteiger partial charge in [0.05, 0.1) is 5.69 Å². The van der Waals surface area contributed by atoms with Crippen molar-refractivity contribution in [3.05, 3.63) is 94.9 Å². The van der Waals surface area contributed by atoms with Crippen molar-refractivity contribution in [2.24, 2.45) is 0 Å². The number of benzene rings is 2. The van der Waals surface area contributed by atoms with Gasteiger partial charge in [0.1, 0.15) is 22.8 Å². The first kappa shape index (κ1) is 18.7. The van der Waals surface area contributed by atoms with Crippen molar-refractivity contribution in [1.29, 1.82) is 0 Å². The van der Waals surface area contributed by atoms with E-state index in [4.69, 9.17) is 4.74 Å². The topological polar surface area (TPSA) is 55.6 Å².